The lowest BCUT2D eigenvalue weighted by molar-refractivity contribution is -0.120. The van der Waals surface area contributed by atoms with Gasteiger partial charge in [-0.05, 0) is 48.9 Å². The molecule has 1 unspecified atom stereocenters. The van der Waals surface area contributed by atoms with Gasteiger partial charge >= 0.3 is 0 Å². The van der Waals surface area contributed by atoms with Gasteiger partial charge in [-0.3, -0.25) is 4.79 Å². The van der Waals surface area contributed by atoms with Gasteiger partial charge < -0.3 is 10.1 Å². The molecule has 2 aromatic heterocycles. The minimum Gasteiger partial charge on any atom is -0.477 e. The number of ether oxygens (including phenoxy) is 1. The first-order valence-corrected chi connectivity index (χ1v) is 8.94. The molecule has 1 aromatic carbocycles. The van der Waals surface area contributed by atoms with Crippen LogP contribution >= 0.6 is 0 Å². The third-order valence-electron chi connectivity index (χ3n) is 4.44. The van der Waals surface area contributed by atoms with Crippen LogP contribution in [-0.2, 0) is 11.3 Å². The highest BCUT2D eigenvalue weighted by Gasteiger charge is 2.25. The van der Waals surface area contributed by atoms with Crippen LogP contribution in [0.5, 0.6) is 5.88 Å². The summed E-state index contributed by atoms with van der Waals surface area (Å²) in [5.74, 6) is -0.266. The van der Waals surface area contributed by atoms with Gasteiger partial charge in [0, 0.05) is 24.7 Å². The van der Waals surface area contributed by atoms with Crippen molar-refractivity contribution < 1.29 is 18.3 Å². The van der Waals surface area contributed by atoms with Crippen molar-refractivity contribution >= 4 is 11.7 Å². The van der Waals surface area contributed by atoms with Gasteiger partial charge in [-0.25, -0.2) is 18.4 Å². The van der Waals surface area contributed by atoms with Crippen LogP contribution in [0, 0.1) is 5.82 Å². The van der Waals surface area contributed by atoms with Crippen LogP contribution in [0.2, 0.25) is 0 Å². The molecular weight excluding hydrogens is 366 g/mol. The number of alkyl halides is 1. The average molecular weight is 384 g/mol. The molecule has 3 aromatic rings. The number of aryl methyl sites for hydroxylation is 1. The van der Waals surface area contributed by atoms with Crippen molar-refractivity contribution in [1.82, 2.24) is 14.8 Å². The minimum atomic E-state index is -1.65. The van der Waals surface area contributed by atoms with E-state index >= 15 is 0 Å². The summed E-state index contributed by atoms with van der Waals surface area (Å²) < 4.78 is 34.2. The summed E-state index contributed by atoms with van der Waals surface area (Å²) in [4.78, 5) is 15.7. The SMILES string of the molecule is CC(F)C(=O)Nc1cc(-c2c(-c3ccc(F)cc3)nn3c2OCCC3)ccn1. The van der Waals surface area contributed by atoms with Gasteiger partial charge in [0.1, 0.15) is 17.3 Å². The van der Waals surface area contributed by atoms with Gasteiger partial charge in [0.2, 0.25) is 5.88 Å². The number of nitrogens with one attached hydrogen (secondary N) is 1. The van der Waals surface area contributed by atoms with E-state index in [-0.39, 0.29) is 11.6 Å². The normalized spacial score (nSPS) is 14.1. The molecule has 0 saturated carbocycles. The van der Waals surface area contributed by atoms with E-state index in [1.54, 1.807) is 28.9 Å². The first kappa shape index (κ1) is 18.1. The molecule has 3 heterocycles. The van der Waals surface area contributed by atoms with Crippen molar-refractivity contribution in [3.63, 3.8) is 0 Å². The van der Waals surface area contributed by atoms with E-state index in [2.05, 4.69) is 15.4 Å². The van der Waals surface area contributed by atoms with Crippen LogP contribution in [0.25, 0.3) is 22.4 Å². The first-order valence-electron chi connectivity index (χ1n) is 8.94. The molecule has 0 aliphatic carbocycles. The van der Waals surface area contributed by atoms with Crippen molar-refractivity contribution in [2.45, 2.75) is 26.1 Å². The Balaban J connectivity index is 1.81. The van der Waals surface area contributed by atoms with Crippen molar-refractivity contribution in [1.29, 1.82) is 0 Å². The topological polar surface area (TPSA) is 69.0 Å². The highest BCUT2D eigenvalue weighted by Crippen LogP contribution is 2.41. The number of nitrogens with zero attached hydrogens (tertiary/aromatic N) is 3. The maximum atomic E-state index is 13.4. The number of carbonyl (C=O) groups excluding carboxylic acids is 1. The standard InChI is InChI=1S/C20H18F2N4O2/c1-12(21)19(27)24-16-11-14(7-8-23-16)17-18(13-3-5-15(22)6-4-13)25-26-9-2-10-28-20(17)26/h3-8,11-12H,2,9-10H2,1H3,(H,23,24,27). The zero-order valence-corrected chi connectivity index (χ0v) is 15.2. The van der Waals surface area contributed by atoms with E-state index in [0.29, 0.717) is 30.3 Å². The molecule has 1 amide bonds. The smallest absolute Gasteiger partial charge is 0.259 e. The van der Waals surface area contributed by atoms with E-state index in [9.17, 15) is 13.6 Å². The Kier molecular flexibility index (Phi) is 4.77. The summed E-state index contributed by atoms with van der Waals surface area (Å²) in [6.45, 7) is 2.43. The van der Waals surface area contributed by atoms with Gasteiger partial charge in [-0.1, -0.05) is 0 Å². The number of aromatic nitrogens is 3. The molecule has 0 fully saturated rings. The highest BCUT2D eigenvalue weighted by atomic mass is 19.1. The molecule has 0 bridgehead atoms. The van der Waals surface area contributed by atoms with Crippen LogP contribution in [0.15, 0.2) is 42.6 Å². The monoisotopic (exact) mass is 384 g/mol. The Hall–Kier alpha value is -3.29. The largest absolute Gasteiger partial charge is 0.477 e. The predicted octanol–water partition coefficient (Wildman–Crippen LogP) is 3.83. The first-order chi connectivity index (χ1) is 13.5. The Morgan fingerprint density at radius 1 is 1.25 bits per heavy atom. The maximum absolute atomic E-state index is 13.4. The molecule has 4 rings (SSSR count). The van der Waals surface area contributed by atoms with Crippen molar-refractivity contribution in [2.24, 2.45) is 0 Å². The molecule has 1 aliphatic heterocycles. The number of anilines is 1. The van der Waals surface area contributed by atoms with Crippen molar-refractivity contribution in [3.05, 3.63) is 48.4 Å². The summed E-state index contributed by atoms with van der Waals surface area (Å²) in [6, 6.07) is 9.46. The van der Waals surface area contributed by atoms with Gasteiger partial charge in [0.25, 0.3) is 5.91 Å². The molecule has 8 heteroatoms. The van der Waals surface area contributed by atoms with Gasteiger partial charge in [-0.2, -0.15) is 5.10 Å². The number of halogens is 2. The average Bonchev–Trinajstić information content (AvgIpc) is 3.08. The van der Waals surface area contributed by atoms with E-state index < -0.39 is 12.1 Å². The fourth-order valence-electron chi connectivity index (χ4n) is 3.08. The van der Waals surface area contributed by atoms with E-state index in [1.165, 1.54) is 18.3 Å². The summed E-state index contributed by atoms with van der Waals surface area (Å²) in [6.07, 6.45) is 0.713. The number of fused-ring (bicyclic) bond motifs is 1. The Bertz CT molecular complexity index is 1020. The van der Waals surface area contributed by atoms with E-state index in [4.69, 9.17) is 4.74 Å². The minimum absolute atomic E-state index is 0.229. The van der Waals surface area contributed by atoms with Crippen LogP contribution in [0.1, 0.15) is 13.3 Å². The van der Waals surface area contributed by atoms with Gasteiger partial charge in [0.05, 0.1) is 12.2 Å². The molecule has 0 saturated heterocycles. The third kappa shape index (κ3) is 3.45. The Labute approximate surface area is 160 Å². The summed E-state index contributed by atoms with van der Waals surface area (Å²) in [5.41, 5.74) is 2.80. The lowest BCUT2D eigenvalue weighted by atomic mass is 10.0. The Morgan fingerprint density at radius 2 is 2.04 bits per heavy atom. The Morgan fingerprint density at radius 3 is 2.79 bits per heavy atom. The zero-order chi connectivity index (χ0) is 19.7. The zero-order valence-electron chi connectivity index (χ0n) is 15.2. The number of rotatable bonds is 4. The number of hydrogen-bond donors (Lipinski definition) is 1. The van der Waals surface area contributed by atoms with Crippen LogP contribution in [-0.4, -0.2) is 33.5 Å². The summed E-state index contributed by atoms with van der Waals surface area (Å²) in [5, 5.41) is 7.10. The van der Waals surface area contributed by atoms with Crippen molar-refractivity contribution in [3.8, 4) is 28.3 Å². The number of hydrogen-bond acceptors (Lipinski definition) is 4. The van der Waals surface area contributed by atoms with Crippen molar-refractivity contribution in [2.75, 3.05) is 11.9 Å². The number of amides is 1. The second-order valence-electron chi connectivity index (χ2n) is 6.50. The van der Waals surface area contributed by atoms with E-state index in [0.717, 1.165) is 24.5 Å². The van der Waals surface area contributed by atoms with Gasteiger partial charge in [-0.15, -0.1) is 0 Å². The number of pyridine rings is 1. The van der Waals surface area contributed by atoms with Crippen LogP contribution < -0.4 is 10.1 Å². The summed E-state index contributed by atoms with van der Waals surface area (Å²) in [7, 11) is 0. The second kappa shape index (κ2) is 7.38. The van der Waals surface area contributed by atoms with Gasteiger partial charge in [0.15, 0.2) is 6.17 Å². The molecule has 1 aliphatic rings. The molecule has 0 radical (unpaired) electrons. The fourth-order valence-corrected chi connectivity index (χ4v) is 3.08. The second-order valence-corrected chi connectivity index (χ2v) is 6.50. The quantitative estimate of drug-likeness (QED) is 0.742. The highest BCUT2D eigenvalue weighted by molar-refractivity contribution is 5.94. The number of carbonyl (C=O) groups is 1. The van der Waals surface area contributed by atoms with E-state index in [1.807, 2.05) is 0 Å². The number of benzene rings is 1. The molecule has 28 heavy (non-hydrogen) atoms. The predicted molar refractivity (Wildman–Crippen MR) is 100 cm³/mol. The molecule has 1 atom stereocenters. The molecular formula is C20H18F2N4O2. The molecule has 0 spiro atoms. The lowest BCUT2D eigenvalue weighted by Gasteiger charge is -2.16. The maximum Gasteiger partial charge on any atom is 0.259 e. The van der Waals surface area contributed by atoms with Crippen LogP contribution in [0.4, 0.5) is 14.6 Å². The van der Waals surface area contributed by atoms with Crippen LogP contribution in [0.3, 0.4) is 0 Å². The third-order valence-corrected chi connectivity index (χ3v) is 4.44. The lowest BCUT2D eigenvalue weighted by Crippen LogP contribution is -2.21. The molecule has 1 N–H and O–H groups in total. The summed E-state index contributed by atoms with van der Waals surface area (Å²) >= 11 is 0. The fraction of sp³-hybridized carbons (Fsp3) is 0.250. The molecule has 6 nitrogen and oxygen atoms in total. The molecule has 144 valence electrons.